The van der Waals surface area contributed by atoms with Crippen LogP contribution in [-0.2, 0) is 11.8 Å². The fourth-order valence-corrected chi connectivity index (χ4v) is 3.40. The molecule has 2 heterocycles. The number of aromatic nitrogens is 2. The van der Waals surface area contributed by atoms with Crippen molar-refractivity contribution in [3.05, 3.63) is 44.2 Å². The summed E-state index contributed by atoms with van der Waals surface area (Å²) in [7, 11) is 3.39. The third-order valence-electron chi connectivity index (χ3n) is 4.41. The lowest BCUT2D eigenvalue weighted by molar-refractivity contribution is -0.117. The molecule has 0 saturated heterocycles. The van der Waals surface area contributed by atoms with Gasteiger partial charge in [0.15, 0.2) is 5.75 Å². The molecule has 1 aliphatic rings. The van der Waals surface area contributed by atoms with Gasteiger partial charge >= 0.3 is 0 Å². The molecule has 0 atom stereocenters. The number of halogens is 2. The highest BCUT2D eigenvalue weighted by Crippen LogP contribution is 2.39. The lowest BCUT2D eigenvalue weighted by Crippen LogP contribution is -2.34. The summed E-state index contributed by atoms with van der Waals surface area (Å²) in [4.78, 5) is 29.4. The topological polar surface area (TPSA) is 88.8 Å². The Morgan fingerprint density at radius 3 is 2.45 bits per heavy atom. The zero-order valence-electron chi connectivity index (χ0n) is 16.5. The van der Waals surface area contributed by atoms with Crippen LogP contribution >= 0.6 is 23.2 Å². The minimum Gasteiger partial charge on any atom is -0.434 e. The summed E-state index contributed by atoms with van der Waals surface area (Å²) in [5.41, 5.74) is 1.14. The number of amidine groups is 1. The van der Waals surface area contributed by atoms with Gasteiger partial charge < -0.3 is 15.0 Å². The van der Waals surface area contributed by atoms with Crippen molar-refractivity contribution >= 4 is 40.6 Å². The van der Waals surface area contributed by atoms with E-state index < -0.39 is 0 Å². The summed E-state index contributed by atoms with van der Waals surface area (Å²) in [6.07, 6.45) is 0. The summed E-state index contributed by atoms with van der Waals surface area (Å²) >= 11 is 12.8. The molecule has 0 aliphatic carbocycles. The van der Waals surface area contributed by atoms with Crippen molar-refractivity contribution in [3.8, 4) is 11.6 Å². The van der Waals surface area contributed by atoms with Gasteiger partial charge in [-0.3, -0.25) is 14.6 Å². The van der Waals surface area contributed by atoms with Crippen molar-refractivity contribution < 1.29 is 9.53 Å². The van der Waals surface area contributed by atoms with Crippen LogP contribution in [0.5, 0.6) is 11.6 Å². The number of aryl methyl sites for hydroxylation is 1. The van der Waals surface area contributed by atoms with Crippen molar-refractivity contribution in [1.29, 1.82) is 0 Å². The molecule has 154 valence electrons. The summed E-state index contributed by atoms with van der Waals surface area (Å²) in [6, 6.07) is 5.00. The number of anilines is 1. The van der Waals surface area contributed by atoms with E-state index in [1.54, 1.807) is 25.2 Å². The monoisotopic (exact) mass is 437 g/mol. The van der Waals surface area contributed by atoms with E-state index in [2.05, 4.69) is 15.4 Å². The number of likely N-dealkylation sites (N-methyl/N-ethyl adjacent to an activating group) is 1. The molecule has 29 heavy (non-hydrogen) atoms. The van der Waals surface area contributed by atoms with E-state index in [-0.39, 0.29) is 35.6 Å². The second-order valence-electron chi connectivity index (χ2n) is 7.03. The highest BCUT2D eigenvalue weighted by Gasteiger charge is 2.19. The fourth-order valence-electron chi connectivity index (χ4n) is 2.85. The number of aliphatic imine (C=N–C) groups is 1. The Labute approximate surface area is 178 Å². The number of nitrogens with one attached hydrogen (secondary N) is 1. The minimum absolute atomic E-state index is 0.0139. The quantitative estimate of drug-likeness (QED) is 0.749. The SMILES string of the molecule is CC(C)c1cc(Oc2c(Cl)cc(N(C)CC3=NCC(=O)N3)cc2Cl)nn(C)c1=O. The molecule has 0 fully saturated rings. The number of nitrogens with zero attached hydrogens (tertiary/aromatic N) is 4. The molecule has 0 radical (unpaired) electrons. The van der Waals surface area contributed by atoms with Crippen molar-refractivity contribution in [2.45, 2.75) is 19.8 Å². The average Bonchev–Trinajstić information content (AvgIpc) is 3.05. The predicted octanol–water partition coefficient (Wildman–Crippen LogP) is 2.97. The molecule has 0 saturated carbocycles. The molecule has 3 rings (SSSR count). The number of benzene rings is 1. The Bertz CT molecular complexity index is 1030. The van der Waals surface area contributed by atoms with E-state index in [4.69, 9.17) is 27.9 Å². The van der Waals surface area contributed by atoms with E-state index in [1.165, 1.54) is 4.68 Å². The Kier molecular flexibility index (Phi) is 6.14. The third-order valence-corrected chi connectivity index (χ3v) is 4.97. The molecular formula is C19H21Cl2N5O3. The number of hydrogen-bond donors (Lipinski definition) is 1. The molecule has 0 spiro atoms. The second kappa shape index (κ2) is 8.42. The molecule has 1 aromatic carbocycles. The molecule has 0 unspecified atom stereocenters. The first-order valence-electron chi connectivity index (χ1n) is 8.95. The Morgan fingerprint density at radius 1 is 1.24 bits per heavy atom. The standard InChI is InChI=1S/C19H21Cl2N5O3/c1-10(2)12-7-17(24-26(4)19(12)28)29-18-13(20)5-11(6-14(18)21)25(3)9-15-22-8-16(27)23-15/h5-7,10H,8-9H2,1-4H3,(H,22,23,27). The number of carbonyl (C=O) groups is 1. The van der Waals surface area contributed by atoms with Crippen LogP contribution in [0.2, 0.25) is 10.0 Å². The molecular weight excluding hydrogens is 417 g/mol. The van der Waals surface area contributed by atoms with Crippen LogP contribution in [0.1, 0.15) is 25.3 Å². The smallest absolute Gasteiger partial charge is 0.270 e. The van der Waals surface area contributed by atoms with Gasteiger partial charge in [-0.1, -0.05) is 37.0 Å². The minimum atomic E-state index is -0.177. The maximum Gasteiger partial charge on any atom is 0.270 e. The van der Waals surface area contributed by atoms with E-state index in [9.17, 15) is 9.59 Å². The number of ether oxygens (including phenoxy) is 1. The number of hydrogen-bond acceptors (Lipinski definition) is 6. The van der Waals surface area contributed by atoms with Crippen molar-refractivity contribution in [3.63, 3.8) is 0 Å². The Hall–Kier alpha value is -2.58. The van der Waals surface area contributed by atoms with Gasteiger partial charge in [-0.15, -0.1) is 5.10 Å². The van der Waals surface area contributed by atoms with Crippen LogP contribution < -0.4 is 20.5 Å². The van der Waals surface area contributed by atoms with Crippen LogP contribution in [0.4, 0.5) is 5.69 Å². The number of rotatable bonds is 6. The highest BCUT2D eigenvalue weighted by atomic mass is 35.5. The fraction of sp³-hybridized carbons (Fsp3) is 0.368. The Balaban J connectivity index is 1.85. The zero-order valence-corrected chi connectivity index (χ0v) is 18.0. The lowest BCUT2D eigenvalue weighted by atomic mass is 10.1. The Morgan fingerprint density at radius 2 is 1.90 bits per heavy atom. The van der Waals surface area contributed by atoms with Crippen molar-refractivity contribution in [2.24, 2.45) is 12.0 Å². The first kappa shape index (κ1) is 21.1. The van der Waals surface area contributed by atoms with E-state index in [1.807, 2.05) is 25.8 Å². The van der Waals surface area contributed by atoms with Gasteiger partial charge in [0, 0.05) is 31.4 Å². The van der Waals surface area contributed by atoms with Crippen LogP contribution in [-0.4, -0.2) is 41.7 Å². The van der Waals surface area contributed by atoms with Gasteiger partial charge in [-0.05, 0) is 18.1 Å². The van der Waals surface area contributed by atoms with Gasteiger partial charge in [-0.25, -0.2) is 4.68 Å². The molecule has 10 heteroatoms. The highest BCUT2D eigenvalue weighted by molar-refractivity contribution is 6.37. The second-order valence-corrected chi connectivity index (χ2v) is 7.84. The maximum absolute atomic E-state index is 12.2. The number of carbonyl (C=O) groups excluding carboxylic acids is 1. The molecule has 1 aromatic heterocycles. The first-order chi connectivity index (χ1) is 13.7. The largest absolute Gasteiger partial charge is 0.434 e. The molecule has 2 aromatic rings. The van der Waals surface area contributed by atoms with Gasteiger partial charge in [0.05, 0.1) is 16.6 Å². The van der Waals surface area contributed by atoms with Gasteiger partial charge in [0.2, 0.25) is 11.8 Å². The maximum atomic E-state index is 12.2. The predicted molar refractivity (Wildman–Crippen MR) is 114 cm³/mol. The van der Waals surface area contributed by atoms with E-state index >= 15 is 0 Å². The third kappa shape index (κ3) is 4.71. The normalized spacial score (nSPS) is 13.5. The van der Waals surface area contributed by atoms with Crippen LogP contribution in [0.25, 0.3) is 0 Å². The molecule has 1 aliphatic heterocycles. The summed E-state index contributed by atoms with van der Waals surface area (Å²) in [5.74, 6) is 0.945. The summed E-state index contributed by atoms with van der Waals surface area (Å²) in [6.45, 7) is 4.38. The van der Waals surface area contributed by atoms with Crippen LogP contribution in [0.15, 0.2) is 28.0 Å². The van der Waals surface area contributed by atoms with E-state index in [0.717, 1.165) is 5.69 Å². The van der Waals surface area contributed by atoms with Crippen molar-refractivity contribution in [1.82, 2.24) is 15.1 Å². The van der Waals surface area contributed by atoms with Gasteiger partial charge in [-0.2, -0.15) is 0 Å². The zero-order chi connectivity index (χ0) is 21.3. The van der Waals surface area contributed by atoms with Gasteiger partial charge in [0.1, 0.15) is 12.4 Å². The molecule has 1 amide bonds. The first-order valence-corrected chi connectivity index (χ1v) is 9.70. The van der Waals surface area contributed by atoms with Crippen molar-refractivity contribution in [2.75, 3.05) is 25.0 Å². The van der Waals surface area contributed by atoms with Crippen LogP contribution in [0.3, 0.4) is 0 Å². The summed E-state index contributed by atoms with van der Waals surface area (Å²) in [5, 5.41) is 7.40. The lowest BCUT2D eigenvalue weighted by Gasteiger charge is -2.21. The molecule has 1 N–H and O–H groups in total. The number of amides is 1. The van der Waals surface area contributed by atoms with Gasteiger partial charge in [0.25, 0.3) is 5.56 Å². The van der Waals surface area contributed by atoms with Crippen LogP contribution in [0, 0.1) is 0 Å². The molecule has 8 nitrogen and oxygen atoms in total. The average molecular weight is 438 g/mol. The summed E-state index contributed by atoms with van der Waals surface area (Å²) < 4.78 is 7.04. The molecule has 0 bridgehead atoms. The van der Waals surface area contributed by atoms with E-state index in [0.29, 0.717) is 28.0 Å².